The van der Waals surface area contributed by atoms with Gasteiger partial charge in [0.2, 0.25) is 0 Å². The van der Waals surface area contributed by atoms with Crippen LogP contribution in [0, 0.1) is 0 Å². The maximum Gasteiger partial charge on any atom is 0.441 e. The minimum absolute atomic E-state index is 0.000586. The molecule has 0 fully saturated rings. The summed E-state index contributed by atoms with van der Waals surface area (Å²) in [5.41, 5.74) is -3.33. The van der Waals surface area contributed by atoms with E-state index >= 15 is 0 Å². The first kappa shape index (κ1) is 14.4. The number of thioether (sulfide) groups is 1. The number of hydrogen-bond donors (Lipinski definition) is 1. The summed E-state index contributed by atoms with van der Waals surface area (Å²) in [4.78, 5) is 0. The van der Waals surface area contributed by atoms with Gasteiger partial charge in [0.05, 0.1) is 6.10 Å². The fourth-order valence-corrected chi connectivity index (χ4v) is 2.05. The zero-order valence-electron chi connectivity index (χ0n) is 9.28. The molecule has 1 aromatic carbocycles. The van der Waals surface area contributed by atoms with Crippen LogP contribution < -0.4 is 0 Å². The van der Waals surface area contributed by atoms with Crippen LogP contribution in [0.15, 0.2) is 30.3 Å². The maximum atomic E-state index is 11.8. The summed E-state index contributed by atoms with van der Waals surface area (Å²) in [5, 5.41) is 9.75. The largest absolute Gasteiger partial charge is 0.441 e. The van der Waals surface area contributed by atoms with Crippen LogP contribution in [0.4, 0.5) is 13.2 Å². The molecule has 0 aliphatic carbocycles. The van der Waals surface area contributed by atoms with Crippen molar-refractivity contribution in [3.05, 3.63) is 35.9 Å². The van der Waals surface area contributed by atoms with Crippen molar-refractivity contribution in [3.63, 3.8) is 0 Å². The highest BCUT2D eigenvalue weighted by atomic mass is 32.2. The number of unbranched alkanes of at least 4 members (excludes halogenated alkanes) is 1. The van der Waals surface area contributed by atoms with Gasteiger partial charge < -0.3 is 5.11 Å². The van der Waals surface area contributed by atoms with Gasteiger partial charge in [-0.1, -0.05) is 42.1 Å². The molecular weight excluding hydrogens is 249 g/mol. The van der Waals surface area contributed by atoms with Crippen LogP contribution in [0.1, 0.15) is 30.9 Å². The molecule has 0 saturated carbocycles. The Labute approximate surface area is 103 Å². The normalized spacial score (nSPS) is 13.6. The summed E-state index contributed by atoms with van der Waals surface area (Å²) in [6, 6.07) is 9.15. The summed E-state index contributed by atoms with van der Waals surface area (Å²) in [6.07, 6.45) is 0.988. The Balaban J connectivity index is 2.15. The standard InChI is InChI=1S/C12H15F3OS/c13-12(14,15)17-9-5-4-8-11(16)10-6-2-1-3-7-10/h1-3,6-7,11,16H,4-5,8-9H2. The predicted octanol–water partition coefficient (Wildman–Crippen LogP) is 4.14. The molecule has 1 nitrogen and oxygen atoms in total. The van der Waals surface area contributed by atoms with Gasteiger partial charge in [0.1, 0.15) is 0 Å². The highest BCUT2D eigenvalue weighted by molar-refractivity contribution is 8.00. The van der Waals surface area contributed by atoms with Gasteiger partial charge in [0.25, 0.3) is 0 Å². The molecule has 0 aromatic heterocycles. The number of aliphatic hydroxyl groups excluding tert-OH is 1. The fourth-order valence-electron chi connectivity index (χ4n) is 1.47. The van der Waals surface area contributed by atoms with Gasteiger partial charge in [0, 0.05) is 5.75 Å². The predicted molar refractivity (Wildman–Crippen MR) is 63.8 cm³/mol. The smallest absolute Gasteiger partial charge is 0.388 e. The number of alkyl halides is 3. The Bertz CT molecular complexity index is 313. The summed E-state index contributed by atoms with van der Waals surface area (Å²) < 4.78 is 35.5. The van der Waals surface area contributed by atoms with E-state index in [9.17, 15) is 18.3 Å². The van der Waals surface area contributed by atoms with E-state index in [-0.39, 0.29) is 17.5 Å². The molecule has 1 unspecified atom stereocenters. The van der Waals surface area contributed by atoms with Crippen LogP contribution in [0.3, 0.4) is 0 Å². The molecule has 0 bridgehead atoms. The first-order chi connectivity index (χ1) is 7.99. The monoisotopic (exact) mass is 264 g/mol. The van der Waals surface area contributed by atoms with E-state index in [4.69, 9.17) is 0 Å². The molecule has 5 heteroatoms. The third-order valence-electron chi connectivity index (χ3n) is 2.32. The molecule has 1 atom stereocenters. The molecule has 0 aliphatic heterocycles. The molecule has 0 heterocycles. The van der Waals surface area contributed by atoms with E-state index in [2.05, 4.69) is 0 Å². The lowest BCUT2D eigenvalue weighted by molar-refractivity contribution is -0.0328. The summed E-state index contributed by atoms with van der Waals surface area (Å²) in [5.74, 6) is 0.0605. The highest BCUT2D eigenvalue weighted by Crippen LogP contribution is 2.31. The maximum absolute atomic E-state index is 11.8. The van der Waals surface area contributed by atoms with Crippen molar-refractivity contribution >= 4 is 11.8 Å². The van der Waals surface area contributed by atoms with Crippen molar-refractivity contribution in [2.24, 2.45) is 0 Å². The molecule has 1 rings (SSSR count). The van der Waals surface area contributed by atoms with Gasteiger partial charge in [-0.05, 0) is 24.8 Å². The Morgan fingerprint density at radius 1 is 1.12 bits per heavy atom. The van der Waals surface area contributed by atoms with Crippen LogP contribution in [0.2, 0.25) is 0 Å². The zero-order valence-corrected chi connectivity index (χ0v) is 10.1. The van der Waals surface area contributed by atoms with Gasteiger partial charge in [-0.3, -0.25) is 0 Å². The molecule has 0 aliphatic rings. The lowest BCUT2D eigenvalue weighted by Crippen LogP contribution is -2.02. The van der Waals surface area contributed by atoms with Crippen molar-refractivity contribution in [1.29, 1.82) is 0 Å². The van der Waals surface area contributed by atoms with Crippen molar-refractivity contribution in [2.75, 3.05) is 5.75 Å². The minimum Gasteiger partial charge on any atom is -0.388 e. The Hall–Kier alpha value is -0.680. The Morgan fingerprint density at radius 2 is 1.76 bits per heavy atom. The van der Waals surface area contributed by atoms with E-state index in [0.717, 1.165) is 5.56 Å². The molecule has 1 aromatic rings. The van der Waals surface area contributed by atoms with Gasteiger partial charge in [-0.25, -0.2) is 0 Å². The van der Waals surface area contributed by atoms with Crippen molar-refractivity contribution in [1.82, 2.24) is 0 Å². The highest BCUT2D eigenvalue weighted by Gasteiger charge is 2.27. The summed E-state index contributed by atoms with van der Waals surface area (Å²) in [7, 11) is 0. The quantitative estimate of drug-likeness (QED) is 0.779. The SMILES string of the molecule is OC(CCCCSC(F)(F)F)c1ccccc1. The van der Waals surface area contributed by atoms with Crippen LogP contribution in [-0.4, -0.2) is 16.4 Å². The third kappa shape index (κ3) is 6.58. The average Bonchev–Trinajstić information content (AvgIpc) is 2.28. The lowest BCUT2D eigenvalue weighted by Gasteiger charge is -2.10. The second kappa shape index (κ2) is 6.91. The van der Waals surface area contributed by atoms with Crippen molar-refractivity contribution < 1.29 is 18.3 Å². The van der Waals surface area contributed by atoms with Gasteiger partial charge in [-0.15, -0.1) is 0 Å². The van der Waals surface area contributed by atoms with E-state index < -0.39 is 11.6 Å². The van der Waals surface area contributed by atoms with Crippen molar-refractivity contribution in [3.8, 4) is 0 Å². The summed E-state index contributed by atoms with van der Waals surface area (Å²) in [6.45, 7) is 0. The van der Waals surface area contributed by atoms with E-state index in [1.54, 1.807) is 0 Å². The molecular formula is C12H15F3OS. The molecule has 0 spiro atoms. The number of aliphatic hydroxyl groups is 1. The van der Waals surface area contributed by atoms with Gasteiger partial charge in [0.15, 0.2) is 0 Å². The van der Waals surface area contributed by atoms with E-state index in [1.807, 2.05) is 30.3 Å². The molecule has 0 radical (unpaired) electrons. The Kier molecular flexibility index (Phi) is 5.85. The zero-order chi connectivity index (χ0) is 12.7. The van der Waals surface area contributed by atoms with Crippen LogP contribution in [0.5, 0.6) is 0 Å². The minimum atomic E-state index is -4.14. The van der Waals surface area contributed by atoms with Crippen molar-refractivity contribution in [2.45, 2.75) is 30.9 Å². The second-order valence-electron chi connectivity index (χ2n) is 3.72. The first-order valence-corrected chi connectivity index (χ1v) is 6.41. The first-order valence-electron chi connectivity index (χ1n) is 5.43. The van der Waals surface area contributed by atoms with Crippen LogP contribution in [-0.2, 0) is 0 Å². The number of halogens is 3. The Morgan fingerprint density at radius 3 is 2.35 bits per heavy atom. The van der Waals surface area contributed by atoms with E-state index in [0.29, 0.717) is 19.3 Å². The molecule has 0 saturated heterocycles. The molecule has 17 heavy (non-hydrogen) atoms. The number of benzene rings is 1. The van der Waals surface area contributed by atoms with Crippen LogP contribution in [0.25, 0.3) is 0 Å². The molecule has 1 N–H and O–H groups in total. The molecule has 96 valence electrons. The number of rotatable bonds is 6. The topological polar surface area (TPSA) is 20.2 Å². The fraction of sp³-hybridized carbons (Fsp3) is 0.500. The van der Waals surface area contributed by atoms with E-state index in [1.165, 1.54) is 0 Å². The second-order valence-corrected chi connectivity index (χ2v) is 4.88. The van der Waals surface area contributed by atoms with Gasteiger partial charge in [-0.2, -0.15) is 13.2 Å². The third-order valence-corrected chi connectivity index (χ3v) is 3.14. The lowest BCUT2D eigenvalue weighted by atomic mass is 10.0. The average molecular weight is 264 g/mol. The molecule has 0 amide bonds. The number of hydrogen-bond acceptors (Lipinski definition) is 2. The summed E-state index contributed by atoms with van der Waals surface area (Å²) >= 11 is -0.000586. The van der Waals surface area contributed by atoms with Gasteiger partial charge >= 0.3 is 5.51 Å². The van der Waals surface area contributed by atoms with Crippen LogP contribution >= 0.6 is 11.8 Å².